The SMILES string of the molecule is Cc1ccc(C2c3cc(C(=O)N4Cc5ccccc5C[C@H]4CN4CCOCC4)c(-c4cc(C(=O)N(C)c5ccc(O)cc5)c5n4CCCC5)cc3CCN2C(=O)O)cc1.Cl. The van der Waals surface area contributed by atoms with Gasteiger partial charge in [0, 0.05) is 80.6 Å². The van der Waals surface area contributed by atoms with E-state index in [1.165, 1.54) is 10.5 Å². The lowest BCUT2D eigenvalue weighted by Crippen LogP contribution is -2.52. The standard InChI is InChI=1S/C48H51N5O6.ClH/c1-31-10-12-32(13-11-31)45-39-27-41(47(56)53-29-35-8-4-3-7-33(35)25-37(53)30-50-21-23-59-24-22-50)40(26-34(39)18-20-52(45)48(57)58)44-28-42(43-9-5-6-19-51(43)44)46(55)49(2)36-14-16-38(54)17-15-36;/h3-4,7-8,10-17,26-28,37,45,54H,5-6,9,18-25,29-30H2,1-2H3,(H,57,58);1H/t37-,45?;/m0./s1. The average molecular weight is 830 g/mol. The van der Waals surface area contributed by atoms with Crippen molar-refractivity contribution in [1.82, 2.24) is 19.3 Å². The van der Waals surface area contributed by atoms with Crippen molar-refractivity contribution in [2.45, 2.75) is 64.2 Å². The molecule has 1 aromatic heterocycles. The Morgan fingerprint density at radius 1 is 0.800 bits per heavy atom. The summed E-state index contributed by atoms with van der Waals surface area (Å²) in [6, 6.07) is 28.3. The number of morpholine rings is 1. The first-order valence-electron chi connectivity index (χ1n) is 20.8. The Labute approximate surface area is 357 Å². The van der Waals surface area contributed by atoms with Crippen LogP contribution in [0.5, 0.6) is 5.75 Å². The van der Waals surface area contributed by atoms with E-state index in [0.717, 1.165) is 83.5 Å². The number of halogens is 1. The number of aryl methyl sites for hydroxylation is 1. The predicted octanol–water partition coefficient (Wildman–Crippen LogP) is 7.73. The van der Waals surface area contributed by atoms with Crippen LogP contribution < -0.4 is 4.90 Å². The highest BCUT2D eigenvalue weighted by atomic mass is 35.5. The molecule has 1 fully saturated rings. The molecule has 60 heavy (non-hydrogen) atoms. The van der Waals surface area contributed by atoms with Crippen molar-refractivity contribution in [3.8, 4) is 17.0 Å². The third kappa shape index (κ3) is 7.77. The summed E-state index contributed by atoms with van der Waals surface area (Å²) in [5, 5.41) is 20.5. The van der Waals surface area contributed by atoms with Crippen LogP contribution in [-0.2, 0) is 37.1 Å². The van der Waals surface area contributed by atoms with Gasteiger partial charge >= 0.3 is 6.09 Å². The maximum atomic E-state index is 15.7. The summed E-state index contributed by atoms with van der Waals surface area (Å²) in [5.41, 5.74) is 10.4. The minimum Gasteiger partial charge on any atom is -0.508 e. The Hall–Kier alpha value is -5.62. The molecule has 0 bridgehead atoms. The van der Waals surface area contributed by atoms with Crippen LogP contribution in [0.25, 0.3) is 11.3 Å². The molecule has 0 spiro atoms. The van der Waals surface area contributed by atoms with Gasteiger partial charge in [-0.1, -0.05) is 54.1 Å². The molecule has 0 saturated carbocycles. The number of carbonyl (C=O) groups is 3. The van der Waals surface area contributed by atoms with Gasteiger partial charge in [0.05, 0.1) is 24.8 Å². The number of carboxylic acid groups (broad SMARTS) is 1. The second kappa shape index (κ2) is 17.2. The second-order valence-corrected chi connectivity index (χ2v) is 16.5. The van der Waals surface area contributed by atoms with Gasteiger partial charge < -0.3 is 29.3 Å². The molecule has 2 atom stereocenters. The van der Waals surface area contributed by atoms with Gasteiger partial charge in [0.1, 0.15) is 5.75 Å². The molecule has 3 amide bonds. The lowest BCUT2D eigenvalue weighted by Gasteiger charge is -2.41. The van der Waals surface area contributed by atoms with E-state index in [2.05, 4.69) is 33.7 Å². The van der Waals surface area contributed by atoms with E-state index in [1.54, 1.807) is 36.2 Å². The molecule has 9 rings (SSSR count). The van der Waals surface area contributed by atoms with Gasteiger partial charge in [-0.15, -0.1) is 12.4 Å². The molecule has 1 saturated heterocycles. The van der Waals surface area contributed by atoms with Crippen LogP contribution >= 0.6 is 12.4 Å². The number of ether oxygens (including phenoxy) is 1. The number of amides is 3. The zero-order valence-electron chi connectivity index (χ0n) is 34.2. The van der Waals surface area contributed by atoms with E-state index >= 15 is 4.79 Å². The normalized spacial score (nSPS) is 18.8. The number of aromatic hydroxyl groups is 1. The number of hydrogen-bond donors (Lipinski definition) is 2. The number of phenolic OH excluding ortho intramolecular Hbond substituents is 1. The van der Waals surface area contributed by atoms with Gasteiger partial charge in [-0.3, -0.25) is 19.4 Å². The number of fused-ring (bicyclic) bond motifs is 3. The third-order valence-corrected chi connectivity index (χ3v) is 12.9. The molecule has 2 N–H and O–H groups in total. The first-order chi connectivity index (χ1) is 28.6. The number of hydrogen-bond acceptors (Lipinski definition) is 6. The number of benzene rings is 4. The van der Waals surface area contributed by atoms with Gasteiger partial charge in [-0.05, 0) is 109 Å². The highest BCUT2D eigenvalue weighted by molar-refractivity contribution is 6.08. The number of carbonyl (C=O) groups excluding carboxylic acids is 2. The van der Waals surface area contributed by atoms with Crippen molar-refractivity contribution >= 4 is 36.0 Å². The van der Waals surface area contributed by atoms with Crippen LogP contribution in [0.1, 0.15) is 78.7 Å². The Balaban J connectivity index is 0.00000499. The highest BCUT2D eigenvalue weighted by Crippen LogP contribution is 2.42. The predicted molar refractivity (Wildman–Crippen MR) is 233 cm³/mol. The van der Waals surface area contributed by atoms with Crippen LogP contribution in [0.15, 0.2) is 91.0 Å². The summed E-state index contributed by atoms with van der Waals surface area (Å²) < 4.78 is 7.92. The zero-order chi connectivity index (χ0) is 40.8. The van der Waals surface area contributed by atoms with Crippen molar-refractivity contribution < 1.29 is 29.3 Å². The Morgan fingerprint density at radius 3 is 2.27 bits per heavy atom. The molecule has 312 valence electrons. The molecular weight excluding hydrogens is 778 g/mol. The topological polar surface area (TPSA) is 119 Å². The zero-order valence-corrected chi connectivity index (χ0v) is 35.0. The Kier molecular flexibility index (Phi) is 11.8. The number of nitrogens with zero attached hydrogens (tertiary/aromatic N) is 5. The van der Waals surface area contributed by atoms with Crippen molar-refractivity contribution in [3.05, 3.63) is 141 Å². The summed E-state index contributed by atoms with van der Waals surface area (Å²) in [5.74, 6) is -0.137. The van der Waals surface area contributed by atoms with E-state index in [1.807, 2.05) is 54.3 Å². The summed E-state index contributed by atoms with van der Waals surface area (Å²) in [6.07, 6.45) is 2.83. The van der Waals surface area contributed by atoms with E-state index < -0.39 is 12.1 Å². The lowest BCUT2D eigenvalue weighted by atomic mass is 9.84. The van der Waals surface area contributed by atoms with Gasteiger partial charge in [0.2, 0.25) is 0 Å². The molecule has 5 heterocycles. The minimum atomic E-state index is -1.00. The van der Waals surface area contributed by atoms with Crippen LogP contribution in [0, 0.1) is 6.92 Å². The molecule has 11 nitrogen and oxygen atoms in total. The minimum absolute atomic E-state index is 0. The maximum absolute atomic E-state index is 15.7. The molecule has 4 aliphatic rings. The van der Waals surface area contributed by atoms with E-state index in [-0.39, 0.29) is 36.0 Å². The summed E-state index contributed by atoms with van der Waals surface area (Å²) in [6.45, 7) is 7.14. The third-order valence-electron chi connectivity index (χ3n) is 12.9. The van der Waals surface area contributed by atoms with E-state index in [0.29, 0.717) is 62.6 Å². The quantitative estimate of drug-likeness (QED) is 0.173. The van der Waals surface area contributed by atoms with Crippen molar-refractivity contribution in [1.29, 1.82) is 0 Å². The highest BCUT2D eigenvalue weighted by Gasteiger charge is 2.38. The van der Waals surface area contributed by atoms with Crippen LogP contribution in [0.3, 0.4) is 0 Å². The van der Waals surface area contributed by atoms with E-state index in [4.69, 9.17) is 4.74 Å². The fraction of sp³-hybridized carbons (Fsp3) is 0.354. The molecule has 12 heteroatoms. The van der Waals surface area contributed by atoms with Gasteiger partial charge in [0.15, 0.2) is 0 Å². The first kappa shape index (κ1) is 41.1. The largest absolute Gasteiger partial charge is 0.508 e. The molecule has 5 aromatic rings. The second-order valence-electron chi connectivity index (χ2n) is 16.5. The van der Waals surface area contributed by atoms with Crippen molar-refractivity contribution in [3.63, 3.8) is 0 Å². The van der Waals surface area contributed by atoms with Crippen LogP contribution in [0.4, 0.5) is 10.5 Å². The molecule has 4 aliphatic heterocycles. The molecule has 0 radical (unpaired) electrons. The van der Waals surface area contributed by atoms with Gasteiger partial charge in [0.25, 0.3) is 11.8 Å². The van der Waals surface area contributed by atoms with Crippen molar-refractivity contribution in [2.24, 2.45) is 0 Å². The lowest BCUT2D eigenvalue weighted by molar-refractivity contribution is 0.0193. The fourth-order valence-corrected chi connectivity index (χ4v) is 9.66. The Morgan fingerprint density at radius 2 is 1.53 bits per heavy atom. The Bertz CT molecular complexity index is 2410. The molecule has 1 unspecified atom stereocenters. The number of rotatable bonds is 7. The number of anilines is 1. The summed E-state index contributed by atoms with van der Waals surface area (Å²) in [7, 11) is 1.75. The van der Waals surface area contributed by atoms with Crippen LogP contribution in [0.2, 0.25) is 0 Å². The van der Waals surface area contributed by atoms with Gasteiger partial charge in [-0.2, -0.15) is 0 Å². The number of phenols is 1. The molecular formula is C48H52ClN5O6. The van der Waals surface area contributed by atoms with Gasteiger partial charge in [-0.25, -0.2) is 4.79 Å². The first-order valence-corrected chi connectivity index (χ1v) is 20.8. The summed E-state index contributed by atoms with van der Waals surface area (Å²) in [4.78, 5) is 50.6. The monoisotopic (exact) mass is 829 g/mol. The smallest absolute Gasteiger partial charge is 0.408 e. The van der Waals surface area contributed by atoms with Crippen LogP contribution in [-0.4, -0.2) is 99.9 Å². The van der Waals surface area contributed by atoms with Crippen molar-refractivity contribution in [2.75, 3.05) is 51.3 Å². The molecule has 0 aliphatic carbocycles. The van der Waals surface area contributed by atoms with E-state index in [9.17, 15) is 19.8 Å². The summed E-state index contributed by atoms with van der Waals surface area (Å²) >= 11 is 0. The number of aromatic nitrogens is 1. The molecule has 4 aromatic carbocycles. The average Bonchev–Trinajstić information content (AvgIpc) is 3.65. The maximum Gasteiger partial charge on any atom is 0.408 e. The fourth-order valence-electron chi connectivity index (χ4n) is 9.66.